The first-order chi connectivity index (χ1) is 21.3. The summed E-state index contributed by atoms with van der Waals surface area (Å²) in [6.45, 7) is 0. The lowest BCUT2D eigenvalue weighted by Gasteiger charge is -2.26. The standard InChI is InChI=1S/C41H28N2/c1-3-13-29(14-4-1)32-25-33(30-15-5-2-6-16-30)27-34(26-32)31-23-24-41(42-28-31)43-39-21-11-9-19-37(39)35-17-7-8-18-36(35)38-20-10-12-22-40(38)43/h1-28H. The van der Waals surface area contributed by atoms with Gasteiger partial charge in [0.05, 0.1) is 11.4 Å². The van der Waals surface area contributed by atoms with E-state index in [0.29, 0.717) is 0 Å². The van der Waals surface area contributed by atoms with Crippen molar-refractivity contribution < 1.29 is 0 Å². The Morgan fingerprint density at radius 3 is 1.21 bits per heavy atom. The lowest BCUT2D eigenvalue weighted by atomic mass is 9.94. The first-order valence-electron chi connectivity index (χ1n) is 14.6. The molecule has 7 aromatic rings. The maximum absolute atomic E-state index is 5.11. The molecule has 0 saturated carbocycles. The van der Waals surface area contributed by atoms with Gasteiger partial charge in [-0.3, -0.25) is 4.90 Å². The molecule has 0 bridgehead atoms. The molecule has 0 saturated heterocycles. The van der Waals surface area contributed by atoms with Crippen LogP contribution in [0.2, 0.25) is 0 Å². The van der Waals surface area contributed by atoms with Crippen LogP contribution in [-0.2, 0) is 0 Å². The Bertz CT molecular complexity index is 1940. The van der Waals surface area contributed by atoms with Crippen LogP contribution in [0.1, 0.15) is 0 Å². The van der Waals surface area contributed by atoms with Crippen LogP contribution in [0.3, 0.4) is 0 Å². The third-order valence-corrected chi connectivity index (χ3v) is 8.25. The molecule has 1 aliphatic rings. The van der Waals surface area contributed by atoms with Gasteiger partial charge in [0.25, 0.3) is 0 Å². The highest BCUT2D eigenvalue weighted by atomic mass is 15.2. The molecule has 1 aromatic heterocycles. The Morgan fingerprint density at radius 1 is 0.326 bits per heavy atom. The minimum Gasteiger partial charge on any atom is -0.294 e. The number of benzene rings is 6. The van der Waals surface area contributed by atoms with Crippen LogP contribution < -0.4 is 4.90 Å². The lowest BCUT2D eigenvalue weighted by molar-refractivity contribution is 1.19. The molecule has 6 aromatic carbocycles. The SMILES string of the molecule is c1ccc(-c2cc(-c3ccccc3)cc(-c3ccc(N4c5ccccc5-c5ccccc5-c5ccccc54)nc3)c2)cc1. The molecule has 8 rings (SSSR count). The van der Waals surface area contributed by atoms with E-state index in [2.05, 4.69) is 169 Å². The van der Waals surface area contributed by atoms with Crippen LogP contribution in [0.15, 0.2) is 170 Å². The topological polar surface area (TPSA) is 16.1 Å². The van der Waals surface area contributed by atoms with Gasteiger partial charge in [-0.25, -0.2) is 4.98 Å². The summed E-state index contributed by atoms with van der Waals surface area (Å²) in [5.74, 6) is 0.888. The Labute approximate surface area is 252 Å². The molecule has 2 nitrogen and oxygen atoms in total. The first-order valence-corrected chi connectivity index (χ1v) is 14.6. The molecule has 0 fully saturated rings. The molecular formula is C41H28N2. The number of rotatable bonds is 4. The minimum atomic E-state index is 0.888. The summed E-state index contributed by atoms with van der Waals surface area (Å²) in [5, 5.41) is 0. The molecule has 2 heteroatoms. The molecule has 2 heterocycles. The fraction of sp³-hybridized carbons (Fsp3) is 0. The van der Waals surface area contributed by atoms with Crippen LogP contribution in [0.25, 0.3) is 55.6 Å². The molecule has 0 unspecified atom stereocenters. The van der Waals surface area contributed by atoms with Gasteiger partial charge in [0.15, 0.2) is 0 Å². The smallest absolute Gasteiger partial charge is 0.137 e. The molecule has 0 spiro atoms. The van der Waals surface area contributed by atoms with Crippen molar-refractivity contribution in [3.05, 3.63) is 170 Å². The monoisotopic (exact) mass is 548 g/mol. The van der Waals surface area contributed by atoms with Crippen molar-refractivity contribution in [1.29, 1.82) is 0 Å². The predicted octanol–water partition coefficient (Wildman–Crippen LogP) is 11.2. The maximum Gasteiger partial charge on any atom is 0.137 e. The van der Waals surface area contributed by atoms with Gasteiger partial charge in [0.2, 0.25) is 0 Å². The molecule has 43 heavy (non-hydrogen) atoms. The predicted molar refractivity (Wildman–Crippen MR) is 180 cm³/mol. The van der Waals surface area contributed by atoms with Crippen molar-refractivity contribution in [2.45, 2.75) is 0 Å². The Morgan fingerprint density at radius 2 is 0.744 bits per heavy atom. The lowest BCUT2D eigenvalue weighted by Crippen LogP contribution is -2.12. The maximum atomic E-state index is 5.11. The minimum absolute atomic E-state index is 0.888. The van der Waals surface area contributed by atoms with Crippen LogP contribution in [-0.4, -0.2) is 4.98 Å². The number of anilines is 3. The van der Waals surface area contributed by atoms with E-state index in [1.165, 1.54) is 44.5 Å². The average Bonchev–Trinajstić information content (AvgIpc) is 3.22. The summed E-state index contributed by atoms with van der Waals surface area (Å²) in [6, 6.07) is 58.3. The van der Waals surface area contributed by atoms with Crippen LogP contribution in [0, 0.1) is 0 Å². The largest absolute Gasteiger partial charge is 0.294 e. The molecular weight excluding hydrogens is 520 g/mol. The average molecular weight is 549 g/mol. The van der Waals surface area contributed by atoms with Gasteiger partial charge in [-0.1, -0.05) is 121 Å². The van der Waals surface area contributed by atoms with Crippen LogP contribution in [0.5, 0.6) is 0 Å². The van der Waals surface area contributed by atoms with E-state index in [0.717, 1.165) is 28.3 Å². The third kappa shape index (κ3) is 4.50. The number of fused-ring (bicyclic) bond motifs is 5. The van der Waals surface area contributed by atoms with Crippen LogP contribution >= 0.6 is 0 Å². The molecule has 0 N–H and O–H groups in total. The summed E-state index contributed by atoms with van der Waals surface area (Å²) in [6.07, 6.45) is 2.01. The summed E-state index contributed by atoms with van der Waals surface area (Å²) in [5.41, 5.74) is 14.1. The molecule has 1 aliphatic heterocycles. The zero-order chi connectivity index (χ0) is 28.6. The number of pyridine rings is 1. The number of hydrogen-bond donors (Lipinski definition) is 0. The fourth-order valence-electron chi connectivity index (χ4n) is 6.20. The van der Waals surface area contributed by atoms with E-state index in [4.69, 9.17) is 4.98 Å². The van der Waals surface area contributed by atoms with Gasteiger partial charge >= 0.3 is 0 Å². The van der Waals surface area contributed by atoms with E-state index in [1.807, 2.05) is 6.20 Å². The molecule has 202 valence electrons. The molecule has 0 atom stereocenters. The number of nitrogens with zero attached hydrogens (tertiary/aromatic N) is 2. The zero-order valence-electron chi connectivity index (χ0n) is 23.6. The summed E-state index contributed by atoms with van der Waals surface area (Å²) in [4.78, 5) is 7.41. The normalized spacial score (nSPS) is 11.7. The van der Waals surface area contributed by atoms with Crippen molar-refractivity contribution in [1.82, 2.24) is 4.98 Å². The first kappa shape index (κ1) is 25.0. The second-order valence-corrected chi connectivity index (χ2v) is 10.9. The molecule has 0 aliphatic carbocycles. The molecule has 0 amide bonds. The highest BCUT2D eigenvalue weighted by Gasteiger charge is 2.26. The fourth-order valence-corrected chi connectivity index (χ4v) is 6.20. The van der Waals surface area contributed by atoms with E-state index >= 15 is 0 Å². The summed E-state index contributed by atoms with van der Waals surface area (Å²) < 4.78 is 0. The third-order valence-electron chi connectivity index (χ3n) is 8.25. The summed E-state index contributed by atoms with van der Waals surface area (Å²) >= 11 is 0. The Hall–Kier alpha value is -5.73. The van der Waals surface area contributed by atoms with E-state index in [9.17, 15) is 0 Å². The van der Waals surface area contributed by atoms with Gasteiger partial charge in [-0.2, -0.15) is 0 Å². The van der Waals surface area contributed by atoms with Gasteiger partial charge in [0, 0.05) is 22.9 Å². The van der Waals surface area contributed by atoms with Crippen LogP contribution in [0.4, 0.5) is 17.2 Å². The second-order valence-electron chi connectivity index (χ2n) is 10.9. The summed E-state index contributed by atoms with van der Waals surface area (Å²) in [7, 11) is 0. The second kappa shape index (κ2) is 10.6. The van der Waals surface area contributed by atoms with Gasteiger partial charge in [-0.15, -0.1) is 0 Å². The van der Waals surface area contributed by atoms with Crippen molar-refractivity contribution in [3.63, 3.8) is 0 Å². The number of para-hydroxylation sites is 2. The Kier molecular flexibility index (Phi) is 6.16. The van der Waals surface area contributed by atoms with Gasteiger partial charge in [-0.05, 0) is 81.4 Å². The van der Waals surface area contributed by atoms with Crippen molar-refractivity contribution >= 4 is 17.2 Å². The molecule has 0 radical (unpaired) electrons. The van der Waals surface area contributed by atoms with Crippen molar-refractivity contribution in [2.24, 2.45) is 0 Å². The highest BCUT2D eigenvalue weighted by molar-refractivity contribution is 6.01. The van der Waals surface area contributed by atoms with Gasteiger partial charge < -0.3 is 0 Å². The number of hydrogen-bond acceptors (Lipinski definition) is 2. The van der Waals surface area contributed by atoms with E-state index < -0.39 is 0 Å². The van der Waals surface area contributed by atoms with Crippen molar-refractivity contribution in [2.75, 3.05) is 4.90 Å². The van der Waals surface area contributed by atoms with E-state index in [1.54, 1.807) is 0 Å². The zero-order valence-corrected chi connectivity index (χ0v) is 23.6. The Balaban J connectivity index is 1.26. The van der Waals surface area contributed by atoms with Crippen molar-refractivity contribution in [3.8, 4) is 55.6 Å². The van der Waals surface area contributed by atoms with Gasteiger partial charge in [0.1, 0.15) is 5.82 Å². The number of aromatic nitrogens is 1. The quantitative estimate of drug-likeness (QED) is 0.217. The highest BCUT2D eigenvalue weighted by Crippen LogP contribution is 2.50. The van der Waals surface area contributed by atoms with E-state index in [-0.39, 0.29) is 0 Å².